The normalized spacial score (nSPS) is 19.0. The Morgan fingerprint density at radius 1 is 1.32 bits per heavy atom. The van der Waals surface area contributed by atoms with Crippen molar-refractivity contribution < 1.29 is 0 Å². The van der Waals surface area contributed by atoms with Gasteiger partial charge in [0.1, 0.15) is 0 Å². The quantitative estimate of drug-likeness (QED) is 0.872. The largest absolute Gasteiger partial charge is 0.309 e. The van der Waals surface area contributed by atoms with E-state index in [-0.39, 0.29) is 5.41 Å². The fraction of sp³-hybridized carbons (Fsp3) is 0.812. The van der Waals surface area contributed by atoms with Crippen molar-refractivity contribution in [3.63, 3.8) is 0 Å². The Morgan fingerprint density at radius 2 is 1.95 bits per heavy atom. The Hall–Kier alpha value is -0.410. The van der Waals surface area contributed by atoms with Crippen LogP contribution >= 0.6 is 11.3 Å². The molecule has 1 atom stereocenters. The molecular weight excluding hydrogens is 252 g/mol. The predicted octanol–water partition coefficient (Wildman–Crippen LogP) is 4.59. The van der Waals surface area contributed by atoms with E-state index in [1.165, 1.54) is 47.8 Å². The maximum Gasteiger partial charge on any atom is 0.0985 e. The second-order valence-electron chi connectivity index (χ2n) is 7.00. The lowest BCUT2D eigenvalue weighted by atomic mass is 9.98. The first-order valence-electron chi connectivity index (χ1n) is 7.59. The monoisotopic (exact) mass is 280 g/mol. The first-order valence-corrected chi connectivity index (χ1v) is 8.40. The predicted molar refractivity (Wildman–Crippen MR) is 83.9 cm³/mol. The summed E-state index contributed by atoms with van der Waals surface area (Å²) in [5, 5.41) is 4.98. The first-order chi connectivity index (χ1) is 8.88. The number of aromatic nitrogens is 1. The van der Waals surface area contributed by atoms with Gasteiger partial charge in [0.05, 0.1) is 10.7 Å². The molecule has 0 saturated heterocycles. The van der Waals surface area contributed by atoms with Gasteiger partial charge in [-0.2, -0.15) is 0 Å². The maximum atomic E-state index is 4.76. The summed E-state index contributed by atoms with van der Waals surface area (Å²) in [5.41, 5.74) is 1.38. The van der Waals surface area contributed by atoms with Crippen LogP contribution in [0.5, 0.6) is 0 Å². The van der Waals surface area contributed by atoms with Crippen molar-refractivity contribution in [1.29, 1.82) is 0 Å². The molecular formula is C16H28N2S. The lowest BCUT2D eigenvalue weighted by Gasteiger charge is -2.17. The van der Waals surface area contributed by atoms with Crippen LogP contribution in [0.4, 0.5) is 0 Å². The van der Waals surface area contributed by atoms with Crippen molar-refractivity contribution >= 4 is 11.3 Å². The molecule has 1 aromatic heterocycles. The van der Waals surface area contributed by atoms with Crippen LogP contribution in [0.2, 0.25) is 0 Å². The lowest BCUT2D eigenvalue weighted by molar-refractivity contribution is 0.454. The van der Waals surface area contributed by atoms with Gasteiger partial charge in [0.2, 0.25) is 0 Å². The van der Waals surface area contributed by atoms with Crippen LogP contribution in [0.1, 0.15) is 75.0 Å². The third-order valence-electron chi connectivity index (χ3n) is 4.05. The fourth-order valence-corrected chi connectivity index (χ4v) is 3.93. The van der Waals surface area contributed by atoms with Crippen molar-refractivity contribution in [2.24, 2.45) is 5.92 Å². The highest BCUT2D eigenvalue weighted by Crippen LogP contribution is 2.33. The van der Waals surface area contributed by atoms with Crippen molar-refractivity contribution in [2.45, 2.75) is 71.8 Å². The van der Waals surface area contributed by atoms with Crippen molar-refractivity contribution in [1.82, 2.24) is 10.3 Å². The van der Waals surface area contributed by atoms with Gasteiger partial charge in [0.25, 0.3) is 0 Å². The number of nitrogens with one attached hydrogen (secondary N) is 1. The Labute approximate surface area is 122 Å². The zero-order chi connectivity index (χ0) is 14.0. The Bertz CT molecular complexity index is 411. The molecule has 19 heavy (non-hydrogen) atoms. The number of aryl methyl sites for hydroxylation is 1. The Balaban J connectivity index is 1.98. The van der Waals surface area contributed by atoms with E-state index in [2.05, 4.69) is 39.9 Å². The summed E-state index contributed by atoms with van der Waals surface area (Å²) >= 11 is 1.88. The molecule has 0 aliphatic heterocycles. The standard InChI is InChI=1S/C16H28N2S/c1-11(17-10-13-8-6-7-9-13)14-12(2)18-15(19-14)16(3,4)5/h11,13,17H,6-10H2,1-5H3. The summed E-state index contributed by atoms with van der Waals surface area (Å²) in [6.07, 6.45) is 5.67. The number of hydrogen-bond acceptors (Lipinski definition) is 3. The topological polar surface area (TPSA) is 24.9 Å². The van der Waals surface area contributed by atoms with Gasteiger partial charge >= 0.3 is 0 Å². The number of hydrogen-bond donors (Lipinski definition) is 1. The van der Waals surface area contributed by atoms with Gasteiger partial charge in [-0.15, -0.1) is 11.3 Å². The Kier molecular flexibility index (Phi) is 4.67. The van der Waals surface area contributed by atoms with Crippen molar-refractivity contribution in [2.75, 3.05) is 6.54 Å². The SMILES string of the molecule is Cc1nc(C(C)(C)C)sc1C(C)NCC1CCCC1. The zero-order valence-electron chi connectivity index (χ0n) is 13.0. The molecule has 3 heteroatoms. The molecule has 1 aliphatic rings. The lowest BCUT2D eigenvalue weighted by Crippen LogP contribution is -2.24. The van der Waals surface area contributed by atoms with Crippen LogP contribution in [0.3, 0.4) is 0 Å². The molecule has 2 rings (SSSR count). The van der Waals surface area contributed by atoms with Gasteiger partial charge < -0.3 is 5.32 Å². The molecule has 1 N–H and O–H groups in total. The third kappa shape index (κ3) is 3.79. The second-order valence-corrected chi connectivity index (χ2v) is 8.03. The smallest absolute Gasteiger partial charge is 0.0985 e. The molecule has 0 spiro atoms. The van der Waals surface area contributed by atoms with Crippen LogP contribution in [0.15, 0.2) is 0 Å². The van der Waals surface area contributed by atoms with E-state index in [4.69, 9.17) is 4.98 Å². The number of thiazole rings is 1. The molecule has 1 saturated carbocycles. The molecule has 2 nitrogen and oxygen atoms in total. The highest BCUT2D eigenvalue weighted by molar-refractivity contribution is 7.12. The molecule has 1 heterocycles. The van der Waals surface area contributed by atoms with Crippen molar-refractivity contribution in [3.8, 4) is 0 Å². The highest BCUT2D eigenvalue weighted by Gasteiger charge is 2.23. The van der Waals surface area contributed by atoms with Gasteiger partial charge in [-0.05, 0) is 39.2 Å². The number of nitrogens with zero attached hydrogens (tertiary/aromatic N) is 1. The summed E-state index contributed by atoms with van der Waals surface area (Å²) in [4.78, 5) is 6.18. The average molecular weight is 280 g/mol. The van der Waals surface area contributed by atoms with E-state index in [0.717, 1.165) is 5.92 Å². The van der Waals surface area contributed by atoms with Crippen LogP contribution in [-0.2, 0) is 5.41 Å². The van der Waals surface area contributed by atoms with E-state index >= 15 is 0 Å². The third-order valence-corrected chi connectivity index (χ3v) is 5.82. The van der Waals surface area contributed by atoms with Crippen LogP contribution < -0.4 is 5.32 Å². The minimum Gasteiger partial charge on any atom is -0.309 e. The fourth-order valence-electron chi connectivity index (χ4n) is 2.78. The van der Waals surface area contributed by atoms with E-state index in [1.54, 1.807) is 0 Å². The summed E-state index contributed by atoms with van der Waals surface area (Å²) < 4.78 is 0. The van der Waals surface area contributed by atoms with E-state index < -0.39 is 0 Å². The average Bonchev–Trinajstić information content (AvgIpc) is 2.93. The summed E-state index contributed by atoms with van der Waals surface area (Å²) in [6, 6.07) is 0.439. The molecule has 0 bridgehead atoms. The first kappa shape index (κ1) is 15.0. The van der Waals surface area contributed by atoms with Crippen LogP contribution in [-0.4, -0.2) is 11.5 Å². The molecule has 0 radical (unpaired) electrons. The van der Waals surface area contributed by atoms with Gasteiger partial charge in [-0.25, -0.2) is 4.98 Å². The summed E-state index contributed by atoms with van der Waals surface area (Å²) in [7, 11) is 0. The van der Waals surface area contributed by atoms with Gasteiger partial charge in [0.15, 0.2) is 0 Å². The highest BCUT2D eigenvalue weighted by atomic mass is 32.1. The van der Waals surface area contributed by atoms with Crippen LogP contribution in [0, 0.1) is 12.8 Å². The summed E-state index contributed by atoms with van der Waals surface area (Å²) in [6.45, 7) is 12.3. The zero-order valence-corrected chi connectivity index (χ0v) is 13.9. The van der Waals surface area contributed by atoms with Gasteiger partial charge in [-0.1, -0.05) is 33.6 Å². The molecule has 1 unspecified atom stereocenters. The second kappa shape index (κ2) is 5.92. The van der Waals surface area contributed by atoms with E-state index in [9.17, 15) is 0 Å². The maximum absolute atomic E-state index is 4.76. The molecule has 0 aromatic carbocycles. The minimum atomic E-state index is 0.166. The molecule has 1 aromatic rings. The van der Waals surface area contributed by atoms with E-state index in [0.29, 0.717) is 6.04 Å². The summed E-state index contributed by atoms with van der Waals surface area (Å²) in [5.74, 6) is 0.901. The molecule has 108 valence electrons. The Morgan fingerprint density at radius 3 is 2.47 bits per heavy atom. The van der Waals surface area contributed by atoms with Crippen molar-refractivity contribution in [3.05, 3.63) is 15.6 Å². The molecule has 1 fully saturated rings. The van der Waals surface area contributed by atoms with Gasteiger partial charge in [-0.3, -0.25) is 0 Å². The molecule has 0 amide bonds. The van der Waals surface area contributed by atoms with Crippen LogP contribution in [0.25, 0.3) is 0 Å². The minimum absolute atomic E-state index is 0.166. The van der Waals surface area contributed by atoms with Gasteiger partial charge in [0, 0.05) is 16.3 Å². The van der Waals surface area contributed by atoms with E-state index in [1.807, 2.05) is 11.3 Å². The number of rotatable bonds is 4. The molecule has 1 aliphatic carbocycles.